The number of thiophene rings is 1. The fraction of sp³-hybridized carbons (Fsp3) is 0.333. The van der Waals surface area contributed by atoms with Crippen LogP contribution in [0.25, 0.3) is 0 Å². The molecule has 0 saturated carbocycles. The summed E-state index contributed by atoms with van der Waals surface area (Å²) in [4.78, 5) is 2.09. The lowest BCUT2D eigenvalue weighted by atomic mass is 10.1. The van der Waals surface area contributed by atoms with Crippen molar-refractivity contribution in [3.05, 3.63) is 58.3 Å². The lowest BCUT2D eigenvalue weighted by Gasteiger charge is -2.08. The molecule has 0 saturated heterocycles. The van der Waals surface area contributed by atoms with E-state index < -0.39 is 0 Å². The van der Waals surface area contributed by atoms with Crippen LogP contribution < -0.4 is 0 Å². The van der Waals surface area contributed by atoms with Gasteiger partial charge >= 0.3 is 0 Å². The second-order valence-corrected chi connectivity index (χ2v) is 6.59. The van der Waals surface area contributed by atoms with E-state index in [1.807, 2.05) is 11.3 Å². The molecule has 0 aliphatic carbocycles. The van der Waals surface area contributed by atoms with Gasteiger partial charge in [-0.3, -0.25) is 0 Å². The van der Waals surface area contributed by atoms with Crippen LogP contribution >= 0.6 is 27.3 Å². The first-order chi connectivity index (χ1) is 8.34. The SMILES string of the molecule is BrC(CCCc1ccccc1)Cc1cccs1. The summed E-state index contributed by atoms with van der Waals surface area (Å²) < 4.78 is 0. The predicted molar refractivity (Wildman–Crippen MR) is 80.1 cm³/mol. The zero-order valence-corrected chi connectivity index (χ0v) is 12.2. The molecule has 1 aromatic heterocycles. The van der Waals surface area contributed by atoms with Crippen molar-refractivity contribution in [3.8, 4) is 0 Å². The smallest absolute Gasteiger partial charge is 0.0194 e. The average Bonchev–Trinajstić information content (AvgIpc) is 2.83. The first-order valence-electron chi connectivity index (χ1n) is 6.05. The molecule has 90 valence electrons. The van der Waals surface area contributed by atoms with Crippen LogP contribution in [-0.4, -0.2) is 4.83 Å². The van der Waals surface area contributed by atoms with Gasteiger partial charge in [-0.15, -0.1) is 11.3 Å². The molecule has 0 aliphatic rings. The van der Waals surface area contributed by atoms with Crippen molar-refractivity contribution in [1.82, 2.24) is 0 Å². The minimum atomic E-state index is 0.616. The molecule has 1 unspecified atom stereocenters. The van der Waals surface area contributed by atoms with E-state index in [0.717, 1.165) is 6.42 Å². The first-order valence-corrected chi connectivity index (χ1v) is 7.84. The Labute approximate surface area is 116 Å². The van der Waals surface area contributed by atoms with Gasteiger partial charge in [0.2, 0.25) is 0 Å². The normalized spacial score (nSPS) is 12.5. The lowest BCUT2D eigenvalue weighted by molar-refractivity contribution is 0.704. The molecule has 0 N–H and O–H groups in total. The minimum Gasteiger partial charge on any atom is -0.149 e. The van der Waals surface area contributed by atoms with Crippen LogP contribution in [0.3, 0.4) is 0 Å². The molecule has 1 aromatic carbocycles. The van der Waals surface area contributed by atoms with Crippen molar-refractivity contribution in [2.45, 2.75) is 30.5 Å². The summed E-state index contributed by atoms with van der Waals surface area (Å²) in [5, 5.41) is 2.15. The van der Waals surface area contributed by atoms with Crippen molar-refractivity contribution in [1.29, 1.82) is 0 Å². The maximum Gasteiger partial charge on any atom is 0.0194 e. The molecule has 0 bridgehead atoms. The van der Waals surface area contributed by atoms with E-state index in [-0.39, 0.29) is 0 Å². The number of aryl methyl sites for hydroxylation is 1. The average molecular weight is 309 g/mol. The van der Waals surface area contributed by atoms with Crippen LogP contribution in [0, 0.1) is 0 Å². The molecule has 17 heavy (non-hydrogen) atoms. The molecular formula is C15H17BrS. The first kappa shape index (κ1) is 12.8. The van der Waals surface area contributed by atoms with Gasteiger partial charge in [-0.1, -0.05) is 52.3 Å². The van der Waals surface area contributed by atoms with Gasteiger partial charge in [-0.25, -0.2) is 0 Å². The molecule has 1 heterocycles. The van der Waals surface area contributed by atoms with Gasteiger partial charge in [-0.2, -0.15) is 0 Å². The summed E-state index contributed by atoms with van der Waals surface area (Å²) in [7, 11) is 0. The quantitative estimate of drug-likeness (QED) is 0.653. The van der Waals surface area contributed by atoms with Crippen LogP contribution in [0.2, 0.25) is 0 Å². The van der Waals surface area contributed by atoms with Crippen molar-refractivity contribution in [2.24, 2.45) is 0 Å². The van der Waals surface area contributed by atoms with Crippen molar-refractivity contribution >= 4 is 27.3 Å². The molecule has 0 spiro atoms. The van der Waals surface area contributed by atoms with E-state index in [2.05, 4.69) is 63.8 Å². The summed E-state index contributed by atoms with van der Waals surface area (Å²) in [6, 6.07) is 15.1. The zero-order chi connectivity index (χ0) is 11.9. The Kier molecular flexibility index (Phi) is 5.27. The van der Waals surface area contributed by atoms with Gasteiger partial charge in [0.15, 0.2) is 0 Å². The molecule has 1 atom stereocenters. The van der Waals surface area contributed by atoms with E-state index in [9.17, 15) is 0 Å². The number of hydrogen-bond acceptors (Lipinski definition) is 1. The molecule has 0 radical (unpaired) electrons. The third kappa shape index (κ3) is 4.64. The van der Waals surface area contributed by atoms with Gasteiger partial charge in [0.05, 0.1) is 0 Å². The fourth-order valence-electron chi connectivity index (χ4n) is 1.92. The molecular weight excluding hydrogens is 292 g/mol. The van der Waals surface area contributed by atoms with Gasteiger partial charge in [0, 0.05) is 9.70 Å². The maximum atomic E-state index is 3.78. The largest absolute Gasteiger partial charge is 0.149 e. The number of benzene rings is 1. The van der Waals surface area contributed by atoms with E-state index in [1.54, 1.807) is 0 Å². The Morgan fingerprint density at radius 2 is 1.88 bits per heavy atom. The molecule has 0 aliphatic heterocycles. The van der Waals surface area contributed by atoms with Gasteiger partial charge in [0.1, 0.15) is 0 Å². The van der Waals surface area contributed by atoms with Crippen molar-refractivity contribution < 1.29 is 0 Å². The second-order valence-electron chi connectivity index (χ2n) is 4.26. The molecule has 0 fully saturated rings. The van der Waals surface area contributed by atoms with E-state index >= 15 is 0 Å². The lowest BCUT2D eigenvalue weighted by Crippen LogP contribution is -2.02. The van der Waals surface area contributed by atoms with Crippen molar-refractivity contribution in [3.63, 3.8) is 0 Å². The summed E-state index contributed by atoms with van der Waals surface area (Å²) in [6.45, 7) is 0. The Morgan fingerprint density at radius 3 is 2.59 bits per heavy atom. The highest BCUT2D eigenvalue weighted by Gasteiger charge is 2.06. The highest BCUT2D eigenvalue weighted by molar-refractivity contribution is 9.09. The summed E-state index contributed by atoms with van der Waals surface area (Å²) in [5.74, 6) is 0. The Morgan fingerprint density at radius 1 is 1.06 bits per heavy atom. The molecule has 2 heteroatoms. The highest BCUT2D eigenvalue weighted by atomic mass is 79.9. The number of rotatable bonds is 6. The van der Waals surface area contributed by atoms with Gasteiger partial charge < -0.3 is 0 Å². The fourth-order valence-corrected chi connectivity index (χ4v) is 3.59. The zero-order valence-electron chi connectivity index (χ0n) is 9.81. The summed E-state index contributed by atoms with van der Waals surface area (Å²) in [6.07, 6.45) is 4.85. The predicted octanol–water partition coefficient (Wildman–Crippen LogP) is 5.08. The van der Waals surface area contributed by atoms with E-state index in [1.165, 1.54) is 29.7 Å². The van der Waals surface area contributed by atoms with Gasteiger partial charge in [0.25, 0.3) is 0 Å². The highest BCUT2D eigenvalue weighted by Crippen LogP contribution is 2.19. The summed E-state index contributed by atoms with van der Waals surface area (Å²) in [5.41, 5.74) is 1.45. The Bertz CT molecular complexity index is 408. The number of halogens is 1. The van der Waals surface area contributed by atoms with Crippen molar-refractivity contribution in [2.75, 3.05) is 0 Å². The summed E-state index contributed by atoms with van der Waals surface area (Å²) >= 11 is 5.63. The van der Waals surface area contributed by atoms with Crippen LogP contribution in [0.15, 0.2) is 47.8 Å². The number of alkyl halides is 1. The number of hydrogen-bond donors (Lipinski definition) is 0. The molecule has 0 amide bonds. The third-order valence-corrected chi connectivity index (χ3v) is 4.51. The topological polar surface area (TPSA) is 0 Å². The third-order valence-electron chi connectivity index (χ3n) is 2.83. The van der Waals surface area contributed by atoms with Crippen LogP contribution in [0.5, 0.6) is 0 Å². The monoisotopic (exact) mass is 308 g/mol. The van der Waals surface area contributed by atoms with Crippen LogP contribution in [0.1, 0.15) is 23.3 Å². The molecule has 2 rings (SSSR count). The molecule has 2 aromatic rings. The minimum absolute atomic E-state index is 0.616. The maximum absolute atomic E-state index is 3.78. The van der Waals surface area contributed by atoms with E-state index in [0.29, 0.717) is 4.83 Å². The van der Waals surface area contributed by atoms with Crippen LogP contribution in [-0.2, 0) is 12.8 Å². The van der Waals surface area contributed by atoms with Gasteiger partial charge in [-0.05, 0) is 42.7 Å². The Balaban J connectivity index is 1.68. The standard InChI is InChI=1S/C15H17BrS/c16-14(12-15-10-5-11-17-15)9-4-8-13-6-2-1-3-7-13/h1-3,5-7,10-11,14H,4,8-9,12H2. The van der Waals surface area contributed by atoms with E-state index in [4.69, 9.17) is 0 Å². The Hall–Kier alpha value is -0.600. The van der Waals surface area contributed by atoms with Crippen LogP contribution in [0.4, 0.5) is 0 Å². The second kappa shape index (κ2) is 6.97. The molecule has 0 nitrogen and oxygen atoms in total.